The number of carbonyl (C=O) groups is 4. The van der Waals surface area contributed by atoms with Crippen LogP contribution in [-0.4, -0.2) is 36.1 Å². The fourth-order valence-corrected chi connectivity index (χ4v) is 6.28. The molecule has 0 saturated carbocycles. The first kappa shape index (κ1) is 22.6. The third-order valence-corrected chi connectivity index (χ3v) is 7.98. The molecule has 2 aliphatic heterocycles. The van der Waals surface area contributed by atoms with Crippen molar-refractivity contribution in [3.8, 4) is 5.75 Å². The van der Waals surface area contributed by atoms with E-state index in [2.05, 4.69) is 0 Å². The van der Waals surface area contributed by atoms with Crippen LogP contribution < -0.4 is 9.64 Å². The number of nitrogens with zero attached hydrogens (tertiary/aromatic N) is 1. The van der Waals surface area contributed by atoms with E-state index in [9.17, 15) is 19.2 Å². The lowest BCUT2D eigenvalue weighted by atomic mass is 9.77. The van der Waals surface area contributed by atoms with Crippen molar-refractivity contribution < 1.29 is 28.7 Å². The van der Waals surface area contributed by atoms with E-state index in [1.165, 1.54) is 7.11 Å². The van der Waals surface area contributed by atoms with E-state index >= 15 is 0 Å². The van der Waals surface area contributed by atoms with Gasteiger partial charge in [-0.15, -0.1) is 0 Å². The van der Waals surface area contributed by atoms with Crippen molar-refractivity contribution in [2.75, 3.05) is 12.0 Å². The van der Waals surface area contributed by atoms with Gasteiger partial charge < -0.3 is 9.47 Å². The van der Waals surface area contributed by atoms with Crippen molar-refractivity contribution in [3.05, 3.63) is 108 Å². The topological polar surface area (TPSA) is 90.0 Å². The third-order valence-electron chi connectivity index (χ3n) is 7.98. The van der Waals surface area contributed by atoms with E-state index < -0.39 is 46.9 Å². The molecule has 0 radical (unpaired) electrons. The van der Waals surface area contributed by atoms with Crippen LogP contribution in [0.5, 0.6) is 5.75 Å². The second kappa shape index (κ2) is 7.94. The summed E-state index contributed by atoms with van der Waals surface area (Å²) in [5, 5.41) is 1.75. The van der Waals surface area contributed by atoms with Gasteiger partial charge in [0, 0.05) is 11.1 Å². The van der Waals surface area contributed by atoms with Gasteiger partial charge in [0.2, 0.25) is 29.0 Å². The van der Waals surface area contributed by atoms with Gasteiger partial charge in [-0.1, -0.05) is 66.7 Å². The number of hydrogen-bond donors (Lipinski definition) is 0. The Bertz CT molecular complexity index is 1650. The number of anilines is 1. The van der Waals surface area contributed by atoms with Crippen LogP contribution in [-0.2, 0) is 14.3 Å². The van der Waals surface area contributed by atoms with E-state index in [4.69, 9.17) is 9.47 Å². The summed E-state index contributed by atoms with van der Waals surface area (Å²) in [4.78, 5) is 57.1. The van der Waals surface area contributed by atoms with E-state index in [-0.39, 0.29) is 11.1 Å². The first-order valence-corrected chi connectivity index (χ1v) is 12.3. The Morgan fingerprint density at radius 2 is 1.37 bits per heavy atom. The number of rotatable bonds is 3. The third kappa shape index (κ3) is 2.76. The summed E-state index contributed by atoms with van der Waals surface area (Å²) in [7, 11) is 1.52. The second-order valence-corrected chi connectivity index (χ2v) is 9.76. The van der Waals surface area contributed by atoms with Crippen LogP contribution in [0.3, 0.4) is 0 Å². The first-order valence-electron chi connectivity index (χ1n) is 12.3. The van der Waals surface area contributed by atoms with Crippen LogP contribution >= 0.6 is 0 Å². The summed E-state index contributed by atoms with van der Waals surface area (Å²) in [6.07, 6.45) is -0.979. The number of ketones is 2. The summed E-state index contributed by atoms with van der Waals surface area (Å²) >= 11 is 0. The van der Waals surface area contributed by atoms with E-state index in [0.29, 0.717) is 17.0 Å². The maximum absolute atomic E-state index is 14.1. The number of hydrogen-bond acceptors (Lipinski definition) is 6. The lowest BCUT2D eigenvalue weighted by Crippen LogP contribution is -2.51. The van der Waals surface area contributed by atoms with E-state index in [1.54, 1.807) is 48.5 Å². The predicted molar refractivity (Wildman–Crippen MR) is 138 cm³/mol. The fraction of sp³-hybridized carbons (Fsp3) is 0.161. The molecule has 2 amide bonds. The van der Waals surface area contributed by atoms with Crippen LogP contribution in [0.25, 0.3) is 10.8 Å². The summed E-state index contributed by atoms with van der Waals surface area (Å²) in [5.74, 6) is -4.06. The molecule has 7 nitrogen and oxygen atoms in total. The molecule has 3 atom stereocenters. The van der Waals surface area contributed by atoms with Gasteiger partial charge in [0.25, 0.3) is 0 Å². The molecule has 3 aliphatic rings. The van der Waals surface area contributed by atoms with Gasteiger partial charge in [0.1, 0.15) is 5.75 Å². The van der Waals surface area contributed by atoms with E-state index in [0.717, 1.165) is 15.7 Å². The molecule has 2 saturated heterocycles. The fourth-order valence-electron chi connectivity index (χ4n) is 6.28. The maximum atomic E-state index is 14.1. The Hall–Kier alpha value is -4.62. The van der Waals surface area contributed by atoms with Gasteiger partial charge >= 0.3 is 0 Å². The van der Waals surface area contributed by atoms with Crippen molar-refractivity contribution >= 4 is 39.8 Å². The van der Waals surface area contributed by atoms with Gasteiger partial charge in [-0.05, 0) is 40.6 Å². The molecule has 38 heavy (non-hydrogen) atoms. The lowest BCUT2D eigenvalue weighted by Gasteiger charge is -2.27. The quantitative estimate of drug-likeness (QED) is 0.301. The number of amides is 2. The molecule has 0 N–H and O–H groups in total. The summed E-state index contributed by atoms with van der Waals surface area (Å²) in [5.41, 5.74) is -0.693. The molecule has 0 bridgehead atoms. The minimum atomic E-state index is -2.11. The highest BCUT2D eigenvalue weighted by molar-refractivity contribution is 6.37. The molecule has 7 heteroatoms. The number of methoxy groups -OCH3 is 1. The van der Waals surface area contributed by atoms with Gasteiger partial charge in [0.15, 0.2) is 0 Å². The highest BCUT2D eigenvalue weighted by atomic mass is 16.5. The summed E-state index contributed by atoms with van der Waals surface area (Å²) in [6, 6.07) is 26.2. The Morgan fingerprint density at radius 1 is 0.737 bits per heavy atom. The van der Waals surface area contributed by atoms with Gasteiger partial charge in [-0.3, -0.25) is 19.2 Å². The monoisotopic (exact) mass is 503 g/mol. The molecule has 0 unspecified atom stereocenters. The van der Waals surface area contributed by atoms with Gasteiger partial charge in [-0.25, -0.2) is 4.90 Å². The SMILES string of the molecule is COc1ccc(N2C(=O)[C@@H]3[C@H](c4cccc5ccccc45)OC4(C(=O)c5ccccc5C4=O)[C@H]3C2=O)cc1. The molecule has 1 aliphatic carbocycles. The van der Waals surface area contributed by atoms with Crippen LogP contribution in [0.1, 0.15) is 32.4 Å². The molecule has 4 aromatic rings. The van der Waals surface area contributed by atoms with Crippen molar-refractivity contribution in [1.29, 1.82) is 0 Å². The second-order valence-electron chi connectivity index (χ2n) is 9.76. The minimum absolute atomic E-state index is 0.206. The normalized spacial score (nSPS) is 23.4. The van der Waals surface area contributed by atoms with Crippen LogP contribution in [0.2, 0.25) is 0 Å². The molecule has 186 valence electrons. The Kier molecular flexibility index (Phi) is 4.71. The Balaban J connectivity index is 1.44. The highest BCUT2D eigenvalue weighted by Crippen LogP contribution is 2.58. The number of benzene rings is 4. The largest absolute Gasteiger partial charge is 0.497 e. The molecule has 2 heterocycles. The number of carbonyl (C=O) groups excluding carboxylic acids is 4. The molecular formula is C31H21NO6. The standard InChI is InChI=1S/C31H21NO6/c1-37-19-15-13-18(14-16-19)32-29(35)24-25(30(32)36)31(27(33)22-10-4-5-11-23(22)28(31)34)38-26(24)21-12-6-8-17-7-2-3-9-20(17)21/h2-16,24-26H,1H3/t24-,25+,26-/m0/s1. The molecule has 7 rings (SSSR count). The van der Waals surface area contributed by atoms with E-state index in [1.807, 2.05) is 42.5 Å². The smallest absolute Gasteiger partial charge is 0.241 e. The lowest BCUT2D eigenvalue weighted by molar-refractivity contribution is -0.127. The predicted octanol–water partition coefficient (Wildman–Crippen LogP) is 4.54. The van der Waals surface area contributed by atoms with Crippen LogP contribution in [0.4, 0.5) is 5.69 Å². The van der Waals surface area contributed by atoms with Gasteiger partial charge in [0.05, 0.1) is 30.7 Å². The average molecular weight is 504 g/mol. The maximum Gasteiger partial charge on any atom is 0.241 e. The number of fused-ring (bicyclic) bond motifs is 4. The van der Waals surface area contributed by atoms with Crippen LogP contribution in [0, 0.1) is 11.8 Å². The zero-order valence-electron chi connectivity index (χ0n) is 20.3. The molecule has 2 fully saturated rings. The van der Waals surface area contributed by atoms with Gasteiger partial charge in [-0.2, -0.15) is 0 Å². The molecule has 0 aromatic heterocycles. The number of Topliss-reactive ketones (excluding diaryl/α,β-unsaturated/α-hetero) is 2. The van der Waals surface area contributed by atoms with Crippen molar-refractivity contribution in [3.63, 3.8) is 0 Å². The van der Waals surface area contributed by atoms with Crippen molar-refractivity contribution in [2.24, 2.45) is 11.8 Å². The van der Waals surface area contributed by atoms with Crippen molar-refractivity contribution in [2.45, 2.75) is 11.7 Å². The Morgan fingerprint density at radius 3 is 2.05 bits per heavy atom. The first-order chi connectivity index (χ1) is 18.5. The molecular weight excluding hydrogens is 482 g/mol. The molecule has 1 spiro atoms. The summed E-state index contributed by atoms with van der Waals surface area (Å²) in [6.45, 7) is 0. The zero-order valence-corrected chi connectivity index (χ0v) is 20.3. The Labute approximate surface area is 217 Å². The summed E-state index contributed by atoms with van der Waals surface area (Å²) < 4.78 is 11.7. The number of imide groups is 1. The average Bonchev–Trinajstić information content (AvgIpc) is 3.52. The zero-order chi connectivity index (χ0) is 26.2. The highest BCUT2D eigenvalue weighted by Gasteiger charge is 2.74. The van der Waals surface area contributed by atoms with Crippen LogP contribution in [0.15, 0.2) is 91.0 Å². The number of ether oxygens (including phenoxy) is 2. The van der Waals surface area contributed by atoms with Crippen molar-refractivity contribution in [1.82, 2.24) is 0 Å². The minimum Gasteiger partial charge on any atom is -0.497 e. The molecule has 4 aromatic carbocycles.